The van der Waals surface area contributed by atoms with E-state index in [2.05, 4.69) is 15.6 Å². The average molecular weight is 562 g/mol. The number of H-pyrrole nitrogens is 1. The van der Waals surface area contributed by atoms with Gasteiger partial charge in [0.2, 0.25) is 17.7 Å². The molecule has 9 N–H and O–H groups in total. The quantitative estimate of drug-likeness (QED) is 0.136. The summed E-state index contributed by atoms with van der Waals surface area (Å²) in [5.74, 6) is -7.13. The van der Waals surface area contributed by atoms with Crippen LogP contribution in [0.4, 0.5) is 0 Å². The van der Waals surface area contributed by atoms with E-state index in [-0.39, 0.29) is 12.3 Å². The highest BCUT2D eigenvalue weighted by Gasteiger charge is 2.32. The summed E-state index contributed by atoms with van der Waals surface area (Å²) in [6.07, 6.45) is 0.336. The van der Waals surface area contributed by atoms with Crippen molar-refractivity contribution in [2.45, 2.75) is 70.1 Å². The predicted molar refractivity (Wildman–Crippen MR) is 142 cm³/mol. The number of hydrogen-bond acceptors (Lipinski definition) is 7. The predicted octanol–water partition coefficient (Wildman–Crippen LogP) is -0.0377. The number of carbonyl (C=O) groups excluding carboxylic acids is 3. The second-order valence-corrected chi connectivity index (χ2v) is 9.53. The van der Waals surface area contributed by atoms with E-state index in [1.165, 1.54) is 0 Å². The van der Waals surface area contributed by atoms with Gasteiger partial charge >= 0.3 is 17.9 Å². The van der Waals surface area contributed by atoms with E-state index in [4.69, 9.17) is 15.9 Å². The molecule has 0 aliphatic rings. The highest BCUT2D eigenvalue weighted by molar-refractivity contribution is 5.95. The lowest BCUT2D eigenvalue weighted by Crippen LogP contribution is -2.58. The molecule has 14 nitrogen and oxygen atoms in total. The second kappa shape index (κ2) is 14.6. The molecular weight excluding hydrogens is 526 g/mol. The zero-order chi connectivity index (χ0) is 30.0. The van der Waals surface area contributed by atoms with Gasteiger partial charge in [-0.05, 0) is 24.0 Å². The van der Waals surface area contributed by atoms with Crippen molar-refractivity contribution in [2.75, 3.05) is 0 Å². The Hall–Kier alpha value is -4.46. The minimum Gasteiger partial charge on any atom is -0.481 e. The van der Waals surface area contributed by atoms with Gasteiger partial charge in [0, 0.05) is 29.9 Å². The molecule has 0 bridgehead atoms. The topological polar surface area (TPSA) is 241 Å². The van der Waals surface area contributed by atoms with E-state index < -0.39 is 79.1 Å². The van der Waals surface area contributed by atoms with Gasteiger partial charge in [0.1, 0.15) is 18.1 Å². The highest BCUT2D eigenvalue weighted by atomic mass is 16.4. The van der Waals surface area contributed by atoms with Crippen molar-refractivity contribution in [3.8, 4) is 0 Å². The number of aromatic nitrogens is 1. The van der Waals surface area contributed by atoms with Crippen LogP contribution in [0, 0.1) is 5.92 Å². The molecule has 14 heteroatoms. The van der Waals surface area contributed by atoms with Crippen LogP contribution in [-0.4, -0.2) is 80.1 Å². The molecule has 2 aromatic rings. The van der Waals surface area contributed by atoms with Gasteiger partial charge in [-0.2, -0.15) is 0 Å². The van der Waals surface area contributed by atoms with Crippen molar-refractivity contribution < 1.29 is 44.1 Å². The summed E-state index contributed by atoms with van der Waals surface area (Å²) in [5.41, 5.74) is 7.52. The lowest BCUT2D eigenvalue weighted by atomic mass is 9.98. The lowest BCUT2D eigenvalue weighted by Gasteiger charge is -2.26. The van der Waals surface area contributed by atoms with Crippen LogP contribution in [-0.2, 0) is 35.2 Å². The summed E-state index contributed by atoms with van der Waals surface area (Å²) in [4.78, 5) is 75.9. The first kappa shape index (κ1) is 31.8. The molecule has 0 spiro atoms. The molecule has 1 aromatic carbocycles. The Morgan fingerprint density at radius 2 is 1.48 bits per heavy atom. The monoisotopic (exact) mass is 561 g/mol. The minimum atomic E-state index is -1.82. The number of aromatic amines is 1. The molecule has 40 heavy (non-hydrogen) atoms. The maximum Gasteiger partial charge on any atom is 0.326 e. The third-order valence-corrected chi connectivity index (χ3v) is 6.56. The zero-order valence-electron chi connectivity index (χ0n) is 22.2. The van der Waals surface area contributed by atoms with Gasteiger partial charge in [-0.15, -0.1) is 0 Å². The van der Waals surface area contributed by atoms with Crippen molar-refractivity contribution in [1.29, 1.82) is 0 Å². The van der Waals surface area contributed by atoms with E-state index in [1.54, 1.807) is 19.2 Å². The fourth-order valence-corrected chi connectivity index (χ4v) is 3.97. The third-order valence-electron chi connectivity index (χ3n) is 6.56. The molecule has 0 radical (unpaired) electrons. The molecule has 5 atom stereocenters. The molecule has 2 rings (SSSR count). The number of fused-ring (bicyclic) bond motifs is 1. The largest absolute Gasteiger partial charge is 0.481 e. The fourth-order valence-electron chi connectivity index (χ4n) is 3.97. The molecule has 1 heterocycles. The van der Waals surface area contributed by atoms with Crippen LogP contribution in [0.25, 0.3) is 10.9 Å². The molecule has 0 saturated heterocycles. The number of nitrogens with two attached hydrogens (primary N) is 1. The van der Waals surface area contributed by atoms with Gasteiger partial charge in [0.15, 0.2) is 0 Å². The van der Waals surface area contributed by atoms with Gasteiger partial charge in [0.25, 0.3) is 0 Å². The van der Waals surface area contributed by atoms with E-state index in [0.717, 1.165) is 10.9 Å². The summed E-state index contributed by atoms with van der Waals surface area (Å²) in [5, 5.41) is 35.2. The summed E-state index contributed by atoms with van der Waals surface area (Å²) in [7, 11) is 0. The Morgan fingerprint density at radius 1 is 0.875 bits per heavy atom. The lowest BCUT2D eigenvalue weighted by molar-refractivity contribution is -0.147. The zero-order valence-corrected chi connectivity index (χ0v) is 22.2. The fraction of sp³-hybridized carbons (Fsp3) is 0.462. The van der Waals surface area contributed by atoms with Crippen LogP contribution >= 0.6 is 0 Å². The number of amides is 3. The average Bonchev–Trinajstić information content (AvgIpc) is 3.31. The summed E-state index contributed by atoms with van der Waals surface area (Å²) in [6.45, 7) is 3.63. The van der Waals surface area contributed by atoms with Crippen molar-refractivity contribution >= 4 is 46.5 Å². The Balaban J connectivity index is 2.34. The number of aliphatic carboxylic acids is 3. The maximum absolute atomic E-state index is 13.4. The molecule has 3 amide bonds. The minimum absolute atomic E-state index is 0.0150. The van der Waals surface area contributed by atoms with Crippen LogP contribution in [0.2, 0.25) is 0 Å². The van der Waals surface area contributed by atoms with E-state index in [0.29, 0.717) is 12.0 Å². The highest BCUT2D eigenvalue weighted by Crippen LogP contribution is 2.19. The van der Waals surface area contributed by atoms with E-state index >= 15 is 0 Å². The van der Waals surface area contributed by atoms with Crippen molar-refractivity contribution in [3.63, 3.8) is 0 Å². The van der Waals surface area contributed by atoms with E-state index in [9.17, 15) is 33.9 Å². The van der Waals surface area contributed by atoms with Crippen LogP contribution in [0.1, 0.15) is 45.1 Å². The maximum atomic E-state index is 13.4. The number of hydrogen-bond donors (Lipinski definition) is 8. The van der Waals surface area contributed by atoms with Crippen LogP contribution < -0.4 is 21.7 Å². The summed E-state index contributed by atoms with van der Waals surface area (Å²) in [6, 6.07) is 1.75. The first-order chi connectivity index (χ1) is 18.8. The number of para-hydroxylation sites is 1. The number of nitrogens with one attached hydrogen (secondary N) is 4. The standard InChI is InChI=1S/C26H35N5O9/c1-3-13(2)22(27)25(38)30-18(10-14-12-28-16-7-5-4-6-15(14)16)24(37)29-17(8-9-20(32)33)23(36)31-19(26(39)40)11-21(34)35/h4-7,12-13,17-19,22,28H,3,8-11,27H2,1-2H3,(H,29,37)(H,30,38)(H,31,36)(H,32,33)(H,34,35)(H,39,40). The SMILES string of the molecule is CCC(C)C(N)C(=O)NC(Cc1c[nH]c2ccccc12)C(=O)NC(CCC(=O)O)C(=O)NC(CC(=O)O)C(=O)O. The van der Waals surface area contributed by atoms with Crippen LogP contribution in [0.3, 0.4) is 0 Å². The Kier molecular flexibility index (Phi) is 11.6. The summed E-state index contributed by atoms with van der Waals surface area (Å²) >= 11 is 0. The first-order valence-electron chi connectivity index (χ1n) is 12.7. The Labute approximate surface area is 229 Å². The normalized spacial score (nSPS) is 14.8. The first-order valence-corrected chi connectivity index (χ1v) is 12.7. The molecule has 1 aromatic heterocycles. The number of carbonyl (C=O) groups is 6. The van der Waals surface area contributed by atoms with Gasteiger partial charge in [0.05, 0.1) is 12.5 Å². The summed E-state index contributed by atoms with van der Waals surface area (Å²) < 4.78 is 0. The Bertz CT molecular complexity index is 1240. The third kappa shape index (κ3) is 9.08. The second-order valence-electron chi connectivity index (χ2n) is 9.53. The molecule has 0 aliphatic heterocycles. The van der Waals surface area contributed by atoms with Gasteiger partial charge in [-0.3, -0.25) is 24.0 Å². The molecule has 0 aliphatic carbocycles. The molecule has 218 valence electrons. The van der Waals surface area contributed by atoms with Gasteiger partial charge in [-0.1, -0.05) is 38.5 Å². The number of carboxylic acids is 3. The van der Waals surface area contributed by atoms with Crippen LogP contribution in [0.5, 0.6) is 0 Å². The van der Waals surface area contributed by atoms with Gasteiger partial charge < -0.3 is 42.0 Å². The number of carboxylic acid groups (broad SMARTS) is 3. The van der Waals surface area contributed by atoms with Crippen LogP contribution in [0.15, 0.2) is 30.5 Å². The van der Waals surface area contributed by atoms with E-state index in [1.807, 2.05) is 30.4 Å². The van der Waals surface area contributed by atoms with Gasteiger partial charge in [-0.25, -0.2) is 4.79 Å². The molecule has 0 fully saturated rings. The van der Waals surface area contributed by atoms with Crippen molar-refractivity contribution in [2.24, 2.45) is 11.7 Å². The number of benzene rings is 1. The smallest absolute Gasteiger partial charge is 0.326 e. The Morgan fingerprint density at radius 3 is 2.08 bits per heavy atom. The molecular formula is C26H35N5O9. The molecule has 5 unspecified atom stereocenters. The number of rotatable bonds is 16. The van der Waals surface area contributed by atoms with Crippen molar-refractivity contribution in [3.05, 3.63) is 36.0 Å². The van der Waals surface area contributed by atoms with Crippen molar-refractivity contribution in [1.82, 2.24) is 20.9 Å². The molecule has 0 saturated carbocycles.